The van der Waals surface area contributed by atoms with E-state index in [9.17, 15) is 4.39 Å². The van der Waals surface area contributed by atoms with Crippen molar-refractivity contribution in [2.24, 2.45) is 5.11 Å². The van der Waals surface area contributed by atoms with Crippen LogP contribution < -0.4 is 4.74 Å². The normalized spacial score (nSPS) is 8.83. The van der Waals surface area contributed by atoms with Crippen LogP contribution in [0.1, 0.15) is 0 Å². The van der Waals surface area contributed by atoms with Gasteiger partial charge in [0, 0.05) is 11.1 Å². The van der Waals surface area contributed by atoms with Crippen molar-refractivity contribution in [2.75, 3.05) is 7.11 Å². The summed E-state index contributed by atoms with van der Waals surface area (Å²) in [6.07, 6.45) is 1.30. The summed E-state index contributed by atoms with van der Waals surface area (Å²) >= 11 is 0. The second-order valence-electron chi connectivity index (χ2n) is 1.84. The van der Waals surface area contributed by atoms with Crippen molar-refractivity contribution in [3.63, 3.8) is 0 Å². The largest absolute Gasteiger partial charge is 0.479 e. The molecule has 12 heavy (non-hydrogen) atoms. The molecule has 1 heterocycles. The van der Waals surface area contributed by atoms with Crippen LogP contribution in [-0.2, 0) is 0 Å². The lowest BCUT2D eigenvalue weighted by atomic mass is 10.4. The Hall–Kier alpha value is -1.81. The van der Waals surface area contributed by atoms with Crippen LogP contribution in [0, 0.1) is 5.82 Å². The van der Waals surface area contributed by atoms with E-state index < -0.39 is 5.82 Å². The van der Waals surface area contributed by atoms with E-state index in [0.29, 0.717) is 0 Å². The third kappa shape index (κ3) is 1.43. The monoisotopic (exact) mass is 168 g/mol. The second-order valence-corrected chi connectivity index (χ2v) is 1.84. The van der Waals surface area contributed by atoms with Crippen LogP contribution in [0.2, 0.25) is 0 Å². The lowest BCUT2D eigenvalue weighted by Gasteiger charge is -2.00. The van der Waals surface area contributed by atoms with Gasteiger partial charge in [-0.25, -0.2) is 9.37 Å². The quantitative estimate of drug-likeness (QED) is 0.385. The number of methoxy groups -OCH3 is 1. The Morgan fingerprint density at radius 2 is 2.50 bits per heavy atom. The molecule has 0 saturated heterocycles. The van der Waals surface area contributed by atoms with Crippen molar-refractivity contribution in [1.82, 2.24) is 4.98 Å². The number of pyridine rings is 1. The number of nitrogens with zero attached hydrogens (tertiary/aromatic N) is 4. The van der Waals surface area contributed by atoms with E-state index in [-0.39, 0.29) is 11.6 Å². The Morgan fingerprint density at radius 1 is 1.75 bits per heavy atom. The third-order valence-electron chi connectivity index (χ3n) is 1.18. The number of azide groups is 1. The lowest BCUT2D eigenvalue weighted by Crippen LogP contribution is -1.90. The Balaban J connectivity index is 3.22. The van der Waals surface area contributed by atoms with Crippen molar-refractivity contribution >= 4 is 5.69 Å². The Bertz CT molecular complexity index is 334. The highest BCUT2D eigenvalue weighted by molar-refractivity contribution is 5.41. The first-order chi connectivity index (χ1) is 5.79. The van der Waals surface area contributed by atoms with Gasteiger partial charge in [-0.15, -0.1) is 0 Å². The number of hydrogen-bond donors (Lipinski definition) is 0. The molecule has 62 valence electrons. The van der Waals surface area contributed by atoms with Gasteiger partial charge in [-0.2, -0.15) is 0 Å². The molecule has 0 amide bonds. The fraction of sp³-hybridized carbons (Fsp3) is 0.167. The zero-order chi connectivity index (χ0) is 8.97. The minimum absolute atomic E-state index is 0.121. The molecule has 0 radical (unpaired) electrons. The summed E-state index contributed by atoms with van der Waals surface area (Å²) in [6, 6.07) is 1.26. The molecule has 0 saturated carbocycles. The molecule has 5 nitrogen and oxygen atoms in total. The van der Waals surface area contributed by atoms with E-state index in [2.05, 4.69) is 19.7 Å². The number of aromatic nitrogens is 1. The standard InChI is InChI=1S/C6H5FN4O/c1-12-6-5(7)4(10-11-8)2-3-9-6/h2-3H,1H3. The molecule has 1 rings (SSSR count). The highest BCUT2D eigenvalue weighted by Crippen LogP contribution is 2.23. The molecule has 1 aromatic rings. The summed E-state index contributed by atoms with van der Waals surface area (Å²) in [5.74, 6) is -0.933. The zero-order valence-electron chi connectivity index (χ0n) is 6.23. The summed E-state index contributed by atoms with van der Waals surface area (Å²) in [5, 5.41) is 3.10. The van der Waals surface area contributed by atoms with Gasteiger partial charge in [-0.3, -0.25) is 0 Å². The van der Waals surface area contributed by atoms with Crippen LogP contribution >= 0.6 is 0 Å². The van der Waals surface area contributed by atoms with E-state index in [0.717, 1.165) is 0 Å². The highest BCUT2D eigenvalue weighted by Gasteiger charge is 2.07. The van der Waals surface area contributed by atoms with Gasteiger partial charge < -0.3 is 4.74 Å². The van der Waals surface area contributed by atoms with Gasteiger partial charge in [0.15, 0.2) is 5.82 Å². The predicted octanol–water partition coefficient (Wildman–Crippen LogP) is 2.17. The summed E-state index contributed by atoms with van der Waals surface area (Å²) in [6.45, 7) is 0. The molecule has 0 unspecified atom stereocenters. The number of halogens is 1. The van der Waals surface area contributed by atoms with Crippen molar-refractivity contribution in [2.45, 2.75) is 0 Å². The summed E-state index contributed by atoms with van der Waals surface area (Å²) in [7, 11) is 1.28. The number of ether oxygens (including phenoxy) is 1. The van der Waals surface area contributed by atoms with E-state index in [1.165, 1.54) is 19.4 Å². The van der Waals surface area contributed by atoms with Gasteiger partial charge in [-0.1, -0.05) is 5.11 Å². The smallest absolute Gasteiger partial charge is 0.250 e. The average Bonchev–Trinajstić information content (AvgIpc) is 2.09. The fourth-order valence-electron chi connectivity index (χ4n) is 0.683. The topological polar surface area (TPSA) is 70.9 Å². The molecule has 0 aliphatic rings. The van der Waals surface area contributed by atoms with Gasteiger partial charge in [0.05, 0.1) is 12.8 Å². The first-order valence-corrected chi connectivity index (χ1v) is 3.03. The van der Waals surface area contributed by atoms with Gasteiger partial charge in [0.25, 0.3) is 5.88 Å². The number of rotatable bonds is 2. The fourth-order valence-corrected chi connectivity index (χ4v) is 0.683. The molecule has 0 aliphatic heterocycles. The SMILES string of the molecule is COc1nccc(N=[N+]=[N-])c1F. The Morgan fingerprint density at radius 3 is 3.08 bits per heavy atom. The predicted molar refractivity (Wildman–Crippen MR) is 39.6 cm³/mol. The van der Waals surface area contributed by atoms with Crippen molar-refractivity contribution in [3.8, 4) is 5.88 Å². The minimum atomic E-state index is -0.752. The molecule has 0 fully saturated rings. The van der Waals surface area contributed by atoms with Crippen LogP contribution in [0.25, 0.3) is 10.4 Å². The third-order valence-corrected chi connectivity index (χ3v) is 1.18. The molecule has 0 atom stereocenters. The van der Waals surface area contributed by atoms with Crippen molar-refractivity contribution in [3.05, 3.63) is 28.5 Å². The average molecular weight is 168 g/mol. The van der Waals surface area contributed by atoms with Crippen LogP contribution in [0.4, 0.5) is 10.1 Å². The maximum absolute atomic E-state index is 13.0. The van der Waals surface area contributed by atoms with E-state index in [1.807, 2.05) is 0 Å². The summed E-state index contributed by atoms with van der Waals surface area (Å²) in [4.78, 5) is 6.00. The molecule has 0 aromatic carbocycles. The number of hydrogen-bond acceptors (Lipinski definition) is 3. The minimum Gasteiger partial charge on any atom is -0.479 e. The Labute approximate surface area is 67.4 Å². The molecular weight excluding hydrogens is 163 g/mol. The zero-order valence-corrected chi connectivity index (χ0v) is 6.23. The van der Waals surface area contributed by atoms with E-state index in [1.54, 1.807) is 0 Å². The molecule has 0 aliphatic carbocycles. The van der Waals surface area contributed by atoms with Crippen LogP contribution in [0.5, 0.6) is 5.88 Å². The molecule has 6 heteroatoms. The highest BCUT2D eigenvalue weighted by atomic mass is 19.1. The van der Waals surface area contributed by atoms with Gasteiger partial charge in [0.1, 0.15) is 0 Å². The molecule has 0 bridgehead atoms. The van der Waals surface area contributed by atoms with Gasteiger partial charge >= 0.3 is 0 Å². The second kappa shape index (κ2) is 3.54. The van der Waals surface area contributed by atoms with Gasteiger partial charge in [-0.05, 0) is 11.6 Å². The van der Waals surface area contributed by atoms with Gasteiger partial charge in [0.2, 0.25) is 0 Å². The van der Waals surface area contributed by atoms with Crippen molar-refractivity contribution in [1.29, 1.82) is 0 Å². The molecular formula is C6H5FN4O. The summed E-state index contributed by atoms with van der Waals surface area (Å²) < 4.78 is 17.6. The van der Waals surface area contributed by atoms with Crippen LogP contribution in [-0.4, -0.2) is 12.1 Å². The Kier molecular flexibility index (Phi) is 2.45. The van der Waals surface area contributed by atoms with E-state index in [4.69, 9.17) is 5.53 Å². The van der Waals surface area contributed by atoms with E-state index >= 15 is 0 Å². The summed E-state index contributed by atoms with van der Waals surface area (Å²) in [5.41, 5.74) is 7.92. The molecule has 1 aromatic heterocycles. The molecule has 0 N–H and O–H groups in total. The van der Waals surface area contributed by atoms with Crippen LogP contribution in [0.3, 0.4) is 0 Å². The first kappa shape index (κ1) is 8.29. The van der Waals surface area contributed by atoms with Crippen LogP contribution in [0.15, 0.2) is 17.4 Å². The first-order valence-electron chi connectivity index (χ1n) is 3.03. The maximum Gasteiger partial charge on any atom is 0.250 e. The van der Waals surface area contributed by atoms with Crippen molar-refractivity contribution < 1.29 is 9.13 Å². The lowest BCUT2D eigenvalue weighted by molar-refractivity contribution is 0.370. The molecule has 0 spiro atoms. The maximum atomic E-state index is 13.0.